The van der Waals surface area contributed by atoms with Gasteiger partial charge in [0.05, 0.1) is 23.3 Å². The highest BCUT2D eigenvalue weighted by Crippen LogP contribution is 2.18. The highest BCUT2D eigenvalue weighted by atomic mass is 32.2. The molecule has 0 radical (unpaired) electrons. The van der Waals surface area contributed by atoms with E-state index in [-0.39, 0.29) is 6.42 Å². The quantitative estimate of drug-likeness (QED) is 0.839. The summed E-state index contributed by atoms with van der Waals surface area (Å²) in [4.78, 5) is 11.4. The highest BCUT2D eigenvalue weighted by molar-refractivity contribution is 7.85. The molecule has 0 amide bonds. The van der Waals surface area contributed by atoms with Crippen molar-refractivity contribution < 1.29 is 18.8 Å². The van der Waals surface area contributed by atoms with E-state index in [9.17, 15) is 9.00 Å². The average molecular weight is 296 g/mol. The molecule has 0 spiro atoms. The molecular weight excluding hydrogens is 276 g/mol. The van der Waals surface area contributed by atoms with Crippen LogP contribution >= 0.6 is 0 Å². The maximum atomic E-state index is 12.1. The van der Waals surface area contributed by atoms with E-state index in [2.05, 4.69) is 0 Å². The number of carbonyl (C=O) groups is 1. The van der Waals surface area contributed by atoms with E-state index in [1.54, 1.807) is 24.3 Å². The number of hydrogen-bond acceptors (Lipinski definition) is 3. The molecule has 5 heteroatoms. The minimum Gasteiger partial charge on any atom is -0.481 e. The second kappa shape index (κ2) is 7.55. The Kier molecular flexibility index (Phi) is 5.73. The number of ether oxygens (including phenoxy) is 1. The normalized spacial score (nSPS) is 19.9. The molecule has 2 rings (SSSR count). The lowest BCUT2D eigenvalue weighted by Gasteiger charge is -2.08. The van der Waals surface area contributed by atoms with Gasteiger partial charge in [0.15, 0.2) is 0 Å². The molecule has 1 aliphatic heterocycles. The summed E-state index contributed by atoms with van der Waals surface area (Å²) in [7, 11) is -1.01. The smallest absolute Gasteiger partial charge is 0.307 e. The molecule has 0 aromatic heterocycles. The van der Waals surface area contributed by atoms with Crippen LogP contribution in [-0.2, 0) is 26.8 Å². The van der Waals surface area contributed by atoms with E-state index in [0.717, 1.165) is 42.7 Å². The van der Waals surface area contributed by atoms with Gasteiger partial charge in [0.1, 0.15) is 0 Å². The molecule has 0 aliphatic carbocycles. The summed E-state index contributed by atoms with van der Waals surface area (Å²) in [6.45, 7) is 0.860. The summed E-state index contributed by atoms with van der Waals surface area (Å²) in [6, 6.07) is 7.00. The Morgan fingerprint density at radius 2 is 2.10 bits per heavy atom. The minimum atomic E-state index is -1.01. The third kappa shape index (κ3) is 4.72. The molecule has 2 atom stereocenters. The number of rotatable bonds is 7. The molecule has 1 aromatic rings. The van der Waals surface area contributed by atoms with Crippen LogP contribution in [0.4, 0.5) is 0 Å². The van der Waals surface area contributed by atoms with E-state index in [1.165, 1.54) is 0 Å². The van der Waals surface area contributed by atoms with Crippen LogP contribution in [0.2, 0.25) is 0 Å². The molecular formula is C15H20O4S. The van der Waals surface area contributed by atoms with Gasteiger partial charge in [-0.1, -0.05) is 12.1 Å². The van der Waals surface area contributed by atoms with Crippen molar-refractivity contribution in [3.8, 4) is 0 Å². The van der Waals surface area contributed by atoms with Gasteiger partial charge in [-0.2, -0.15) is 0 Å². The summed E-state index contributed by atoms with van der Waals surface area (Å²) in [5.41, 5.74) is 0.734. The fourth-order valence-electron chi connectivity index (χ4n) is 2.37. The zero-order valence-electron chi connectivity index (χ0n) is 11.4. The molecule has 1 heterocycles. The van der Waals surface area contributed by atoms with Gasteiger partial charge in [0.25, 0.3) is 0 Å². The van der Waals surface area contributed by atoms with Crippen LogP contribution in [-0.4, -0.2) is 33.7 Å². The Morgan fingerprint density at radius 1 is 1.35 bits per heavy atom. The first-order chi connectivity index (χ1) is 9.65. The van der Waals surface area contributed by atoms with Crippen LogP contribution in [0.3, 0.4) is 0 Å². The lowest BCUT2D eigenvalue weighted by molar-refractivity contribution is -0.136. The van der Waals surface area contributed by atoms with Crippen molar-refractivity contribution in [3.63, 3.8) is 0 Å². The average Bonchev–Trinajstić information content (AvgIpc) is 2.92. The number of carboxylic acid groups (broad SMARTS) is 1. The van der Waals surface area contributed by atoms with Crippen molar-refractivity contribution in [2.75, 3.05) is 12.4 Å². The predicted octanol–water partition coefficient (Wildman–Crippen LogP) is 2.38. The summed E-state index contributed by atoms with van der Waals surface area (Å²) < 4.78 is 17.6. The van der Waals surface area contributed by atoms with Crippen molar-refractivity contribution in [3.05, 3.63) is 29.8 Å². The lowest BCUT2D eigenvalue weighted by Crippen LogP contribution is -2.07. The predicted molar refractivity (Wildman–Crippen MR) is 77.3 cm³/mol. The number of benzene rings is 1. The van der Waals surface area contributed by atoms with Crippen LogP contribution in [0.5, 0.6) is 0 Å². The summed E-state index contributed by atoms with van der Waals surface area (Å²) in [5.74, 6) is -0.214. The Morgan fingerprint density at radius 3 is 2.70 bits per heavy atom. The first-order valence-electron chi connectivity index (χ1n) is 6.96. The van der Waals surface area contributed by atoms with Crippen molar-refractivity contribution >= 4 is 16.8 Å². The fourth-order valence-corrected chi connectivity index (χ4v) is 3.47. The maximum absolute atomic E-state index is 12.1. The fraction of sp³-hybridized carbons (Fsp3) is 0.533. The van der Waals surface area contributed by atoms with Crippen molar-refractivity contribution in [1.29, 1.82) is 0 Å². The first-order valence-corrected chi connectivity index (χ1v) is 8.28. The number of carboxylic acids is 1. The minimum absolute atomic E-state index is 0.00589. The molecule has 1 aromatic carbocycles. The summed E-state index contributed by atoms with van der Waals surface area (Å²) >= 11 is 0. The van der Waals surface area contributed by atoms with Crippen molar-refractivity contribution in [1.82, 2.24) is 0 Å². The Bertz CT molecular complexity index is 463. The van der Waals surface area contributed by atoms with Gasteiger partial charge in [0.2, 0.25) is 0 Å². The number of hydrogen-bond donors (Lipinski definition) is 1. The molecule has 0 bridgehead atoms. The monoisotopic (exact) mass is 296 g/mol. The standard InChI is InChI=1S/C15H20O4S/c16-15(17)11-12-5-7-14(8-6-12)20(18)10-2-4-13-3-1-9-19-13/h5-8,13H,1-4,9-11H2,(H,16,17). The van der Waals surface area contributed by atoms with E-state index in [4.69, 9.17) is 9.84 Å². The lowest BCUT2D eigenvalue weighted by atomic mass is 10.1. The SMILES string of the molecule is O=C(O)Cc1ccc(S(=O)CCCC2CCCO2)cc1. The van der Waals surface area contributed by atoms with Gasteiger partial charge < -0.3 is 9.84 Å². The largest absolute Gasteiger partial charge is 0.481 e. The first kappa shape index (κ1) is 15.2. The van der Waals surface area contributed by atoms with Gasteiger partial charge in [-0.3, -0.25) is 9.00 Å². The molecule has 20 heavy (non-hydrogen) atoms. The van der Waals surface area contributed by atoms with E-state index in [1.807, 2.05) is 0 Å². The molecule has 1 N–H and O–H groups in total. The molecule has 1 fully saturated rings. The topological polar surface area (TPSA) is 63.6 Å². The van der Waals surface area contributed by atoms with Crippen LogP contribution in [0.25, 0.3) is 0 Å². The Balaban J connectivity index is 1.78. The Hall–Kier alpha value is -1.20. The second-order valence-corrected chi connectivity index (χ2v) is 6.61. The van der Waals surface area contributed by atoms with Crippen LogP contribution in [0.15, 0.2) is 29.2 Å². The van der Waals surface area contributed by atoms with Crippen LogP contribution in [0.1, 0.15) is 31.2 Å². The zero-order chi connectivity index (χ0) is 14.4. The third-order valence-electron chi connectivity index (χ3n) is 3.42. The zero-order valence-corrected chi connectivity index (χ0v) is 12.2. The molecule has 2 unspecified atom stereocenters. The van der Waals surface area contributed by atoms with E-state index >= 15 is 0 Å². The van der Waals surface area contributed by atoms with Gasteiger partial charge >= 0.3 is 5.97 Å². The van der Waals surface area contributed by atoms with E-state index in [0.29, 0.717) is 11.9 Å². The second-order valence-electron chi connectivity index (χ2n) is 5.04. The Labute approximate surface area is 121 Å². The molecule has 1 saturated heterocycles. The molecule has 110 valence electrons. The van der Waals surface area contributed by atoms with E-state index < -0.39 is 16.8 Å². The van der Waals surface area contributed by atoms with Gasteiger partial charge in [-0.05, 0) is 43.4 Å². The maximum Gasteiger partial charge on any atom is 0.307 e. The highest BCUT2D eigenvalue weighted by Gasteiger charge is 2.15. The van der Waals surface area contributed by atoms with Crippen molar-refractivity contribution in [2.24, 2.45) is 0 Å². The molecule has 1 aliphatic rings. The van der Waals surface area contributed by atoms with Crippen molar-refractivity contribution in [2.45, 2.75) is 43.1 Å². The molecule has 4 nitrogen and oxygen atoms in total. The molecule has 0 saturated carbocycles. The third-order valence-corrected chi connectivity index (χ3v) is 4.88. The summed E-state index contributed by atoms with van der Waals surface area (Å²) in [6.07, 6.45) is 4.49. The van der Waals surface area contributed by atoms with Gasteiger partial charge in [-0.15, -0.1) is 0 Å². The van der Waals surface area contributed by atoms with Crippen LogP contribution in [0, 0.1) is 0 Å². The van der Waals surface area contributed by atoms with Gasteiger partial charge in [-0.25, -0.2) is 0 Å². The van der Waals surface area contributed by atoms with Crippen LogP contribution < -0.4 is 0 Å². The van der Waals surface area contributed by atoms with Gasteiger partial charge in [0, 0.05) is 17.3 Å². The summed E-state index contributed by atoms with van der Waals surface area (Å²) in [5, 5.41) is 8.69. The number of aliphatic carboxylic acids is 1.